The average Bonchev–Trinajstić information content (AvgIpc) is 3.12. The second kappa shape index (κ2) is 7.85. The number of nitrogens with zero attached hydrogens (tertiary/aromatic N) is 3. The lowest BCUT2D eigenvalue weighted by atomic mass is 10.0. The van der Waals surface area contributed by atoms with Crippen LogP contribution >= 0.6 is 23.4 Å². The van der Waals surface area contributed by atoms with E-state index in [2.05, 4.69) is 20.9 Å². The zero-order valence-electron chi connectivity index (χ0n) is 15.5. The van der Waals surface area contributed by atoms with E-state index in [9.17, 15) is 4.79 Å². The number of aryl methyl sites for hydroxylation is 2. The zero-order chi connectivity index (χ0) is 19.7. The van der Waals surface area contributed by atoms with Gasteiger partial charge in [0.15, 0.2) is 5.82 Å². The maximum Gasteiger partial charge on any atom is 0.240 e. The molecule has 8 heteroatoms. The van der Waals surface area contributed by atoms with Gasteiger partial charge in [-0.3, -0.25) is 4.79 Å². The molecule has 1 aromatic heterocycles. The van der Waals surface area contributed by atoms with Gasteiger partial charge in [0, 0.05) is 17.1 Å². The Hall–Kier alpha value is -2.51. The van der Waals surface area contributed by atoms with Crippen molar-refractivity contribution in [1.29, 1.82) is 0 Å². The van der Waals surface area contributed by atoms with Crippen LogP contribution in [0.15, 0.2) is 53.7 Å². The summed E-state index contributed by atoms with van der Waals surface area (Å²) in [4.78, 5) is 13.2. The highest BCUT2D eigenvalue weighted by Gasteiger charge is 2.37. The second-order valence-electron chi connectivity index (χ2n) is 6.60. The van der Waals surface area contributed by atoms with Crippen molar-refractivity contribution in [2.75, 3.05) is 10.7 Å². The van der Waals surface area contributed by atoms with Crippen molar-refractivity contribution in [3.05, 3.63) is 70.5 Å². The number of hydrogen-bond donors (Lipinski definition) is 2. The van der Waals surface area contributed by atoms with Gasteiger partial charge in [-0.15, -0.1) is 10.2 Å². The molecule has 0 bridgehead atoms. The summed E-state index contributed by atoms with van der Waals surface area (Å²) in [7, 11) is 0. The molecule has 28 heavy (non-hydrogen) atoms. The number of halogens is 1. The topological polar surface area (TPSA) is 71.8 Å². The summed E-state index contributed by atoms with van der Waals surface area (Å²) in [6, 6.07) is 15.2. The lowest BCUT2D eigenvalue weighted by Gasteiger charge is -2.33. The molecule has 0 spiro atoms. The summed E-state index contributed by atoms with van der Waals surface area (Å²) in [5.41, 5.74) is 6.10. The number of rotatable bonds is 4. The minimum absolute atomic E-state index is 0.112. The van der Waals surface area contributed by atoms with Crippen molar-refractivity contribution in [2.45, 2.75) is 36.7 Å². The Morgan fingerprint density at radius 3 is 2.75 bits per heavy atom. The Bertz CT molecular complexity index is 1010. The van der Waals surface area contributed by atoms with E-state index in [0.717, 1.165) is 23.4 Å². The number of carbonyl (C=O) groups is 1. The van der Waals surface area contributed by atoms with Gasteiger partial charge < -0.3 is 10.7 Å². The molecule has 2 aromatic carbocycles. The van der Waals surface area contributed by atoms with Crippen LogP contribution < -0.4 is 10.7 Å². The molecule has 144 valence electrons. The van der Waals surface area contributed by atoms with Crippen LogP contribution in [0, 0.1) is 6.92 Å². The summed E-state index contributed by atoms with van der Waals surface area (Å²) in [6.45, 7) is 3.96. The first-order chi connectivity index (χ1) is 13.6. The Morgan fingerprint density at radius 1 is 1.25 bits per heavy atom. The Balaban J connectivity index is 1.65. The highest BCUT2D eigenvalue weighted by Crippen LogP contribution is 2.37. The molecule has 0 radical (unpaired) electrons. The van der Waals surface area contributed by atoms with Gasteiger partial charge in [0.05, 0.1) is 6.04 Å². The van der Waals surface area contributed by atoms with E-state index in [1.807, 2.05) is 61.0 Å². The number of thioether (sulfide) groups is 1. The molecule has 0 aliphatic carbocycles. The number of aromatic nitrogens is 3. The highest BCUT2D eigenvalue weighted by molar-refractivity contribution is 8.00. The lowest BCUT2D eigenvalue weighted by Crippen LogP contribution is -2.41. The largest absolute Gasteiger partial charge is 0.325 e. The molecule has 1 amide bonds. The predicted molar refractivity (Wildman–Crippen MR) is 112 cm³/mol. The first-order valence-electron chi connectivity index (χ1n) is 9.06. The van der Waals surface area contributed by atoms with Gasteiger partial charge in [-0.2, -0.15) is 0 Å². The van der Waals surface area contributed by atoms with Crippen molar-refractivity contribution in [2.24, 2.45) is 0 Å². The van der Waals surface area contributed by atoms with Crippen molar-refractivity contribution in [3.63, 3.8) is 0 Å². The molecular weight excluding hydrogens is 394 g/mol. The van der Waals surface area contributed by atoms with Crippen LogP contribution in [0.4, 0.5) is 5.69 Å². The van der Waals surface area contributed by atoms with Crippen molar-refractivity contribution >= 4 is 35.0 Å². The lowest BCUT2D eigenvalue weighted by molar-refractivity contribution is -0.116. The molecule has 0 fully saturated rings. The number of fused-ring (bicyclic) bond motifs is 1. The van der Waals surface area contributed by atoms with Crippen LogP contribution in [0.25, 0.3) is 0 Å². The maximum absolute atomic E-state index is 13.2. The fourth-order valence-corrected chi connectivity index (χ4v) is 4.40. The zero-order valence-corrected chi connectivity index (χ0v) is 17.1. The van der Waals surface area contributed by atoms with Gasteiger partial charge in [0.25, 0.3) is 0 Å². The summed E-state index contributed by atoms with van der Waals surface area (Å²) in [6.07, 6.45) is 0.751. The van der Waals surface area contributed by atoms with E-state index < -0.39 is 5.25 Å². The van der Waals surface area contributed by atoms with Crippen molar-refractivity contribution in [1.82, 2.24) is 14.9 Å². The van der Waals surface area contributed by atoms with Crippen LogP contribution in [0.1, 0.15) is 29.9 Å². The first kappa shape index (κ1) is 18.8. The first-order valence-corrected chi connectivity index (χ1v) is 10.3. The minimum atomic E-state index is -0.413. The molecule has 6 nitrogen and oxygen atoms in total. The summed E-state index contributed by atoms with van der Waals surface area (Å²) in [5, 5.41) is 12.3. The molecule has 2 atom stereocenters. The fourth-order valence-electron chi connectivity index (χ4n) is 3.12. The predicted octanol–water partition coefficient (Wildman–Crippen LogP) is 4.20. The molecule has 0 saturated carbocycles. The molecule has 1 aliphatic heterocycles. The SMILES string of the molecule is CCc1nnc2n1NC(c1ccccc1)C(C(=O)Nc1ccc(C)c(Cl)c1)S2. The maximum atomic E-state index is 13.2. The van der Waals surface area contributed by atoms with E-state index in [1.54, 1.807) is 6.07 Å². The van der Waals surface area contributed by atoms with Crippen LogP contribution in [0.2, 0.25) is 5.02 Å². The quantitative estimate of drug-likeness (QED) is 0.670. The monoisotopic (exact) mass is 413 g/mol. The van der Waals surface area contributed by atoms with E-state index in [0.29, 0.717) is 15.9 Å². The number of benzene rings is 2. The third kappa shape index (κ3) is 3.59. The van der Waals surface area contributed by atoms with Gasteiger partial charge in [-0.1, -0.05) is 66.7 Å². The molecule has 0 saturated heterocycles. The molecule has 3 aromatic rings. The molecule has 2 heterocycles. The van der Waals surface area contributed by atoms with Crippen molar-refractivity contribution in [3.8, 4) is 0 Å². The van der Waals surface area contributed by atoms with Gasteiger partial charge in [-0.25, -0.2) is 4.68 Å². The van der Waals surface area contributed by atoms with Gasteiger partial charge >= 0.3 is 0 Å². The third-order valence-electron chi connectivity index (χ3n) is 4.68. The number of anilines is 1. The smallest absolute Gasteiger partial charge is 0.240 e. The molecule has 1 aliphatic rings. The minimum Gasteiger partial charge on any atom is -0.325 e. The second-order valence-corrected chi connectivity index (χ2v) is 8.11. The summed E-state index contributed by atoms with van der Waals surface area (Å²) >= 11 is 7.62. The Kier molecular flexibility index (Phi) is 5.28. The fraction of sp³-hybridized carbons (Fsp3) is 0.250. The number of hydrogen-bond acceptors (Lipinski definition) is 5. The van der Waals surface area contributed by atoms with E-state index in [1.165, 1.54) is 11.8 Å². The number of amides is 1. The standard InChI is InChI=1S/C20H20ClN5OS/c1-3-16-23-24-20-26(16)25-17(13-7-5-4-6-8-13)18(28-20)19(27)22-14-10-9-12(2)15(21)11-14/h4-11,17-18,25H,3H2,1-2H3,(H,22,27). The van der Waals surface area contributed by atoms with E-state index in [4.69, 9.17) is 11.6 Å². The summed E-state index contributed by atoms with van der Waals surface area (Å²) < 4.78 is 1.88. The average molecular weight is 414 g/mol. The highest BCUT2D eigenvalue weighted by atomic mass is 35.5. The van der Waals surface area contributed by atoms with Crippen LogP contribution in [0.3, 0.4) is 0 Å². The van der Waals surface area contributed by atoms with Crippen LogP contribution in [-0.2, 0) is 11.2 Å². The van der Waals surface area contributed by atoms with E-state index in [-0.39, 0.29) is 11.9 Å². The van der Waals surface area contributed by atoms with Gasteiger partial charge in [0.1, 0.15) is 5.25 Å². The molecule has 4 rings (SSSR count). The molecule has 2 N–H and O–H groups in total. The number of carbonyl (C=O) groups excluding carboxylic acids is 1. The van der Waals surface area contributed by atoms with Gasteiger partial charge in [0.2, 0.25) is 11.1 Å². The van der Waals surface area contributed by atoms with Crippen LogP contribution in [0.5, 0.6) is 0 Å². The normalized spacial score (nSPS) is 18.2. The van der Waals surface area contributed by atoms with Crippen molar-refractivity contribution < 1.29 is 4.79 Å². The van der Waals surface area contributed by atoms with E-state index >= 15 is 0 Å². The van der Waals surface area contributed by atoms with Crippen LogP contribution in [-0.4, -0.2) is 26.0 Å². The summed E-state index contributed by atoms with van der Waals surface area (Å²) in [5.74, 6) is 0.728. The van der Waals surface area contributed by atoms with Gasteiger partial charge in [-0.05, 0) is 30.2 Å². The Labute approximate surface area is 172 Å². The Morgan fingerprint density at radius 2 is 2.04 bits per heavy atom. The third-order valence-corrected chi connectivity index (χ3v) is 6.30. The molecule has 2 unspecified atom stereocenters. The number of nitrogens with one attached hydrogen (secondary N) is 2. The molecular formula is C20H20ClN5OS.